The van der Waals surface area contributed by atoms with E-state index in [1.54, 1.807) is 0 Å². The molecule has 7 nitrogen and oxygen atoms in total. The van der Waals surface area contributed by atoms with Gasteiger partial charge < -0.3 is 4.52 Å². The maximum Gasteiger partial charge on any atom is 0.531 e. The summed E-state index contributed by atoms with van der Waals surface area (Å²) < 4.78 is 30.5. The van der Waals surface area contributed by atoms with E-state index in [0.29, 0.717) is 6.42 Å². The van der Waals surface area contributed by atoms with Crippen molar-refractivity contribution < 1.29 is 23.1 Å². The highest BCUT2D eigenvalue weighted by molar-refractivity contribution is 7.49. The second-order valence-electron chi connectivity index (χ2n) is 6.53. The summed E-state index contributed by atoms with van der Waals surface area (Å²) in [5.74, 6) is 0.166. The van der Waals surface area contributed by atoms with E-state index in [9.17, 15) is 14.7 Å². The first-order valence-corrected chi connectivity index (χ1v) is 10.5. The van der Waals surface area contributed by atoms with E-state index in [-0.39, 0.29) is 11.4 Å². The second-order valence-corrected chi connectivity index (χ2v) is 8.03. The molecule has 3 aromatic carbocycles. The first-order chi connectivity index (χ1) is 14.0. The van der Waals surface area contributed by atoms with Gasteiger partial charge >= 0.3 is 7.82 Å². The Kier molecular flexibility index (Phi) is 5.45. The van der Waals surface area contributed by atoms with Gasteiger partial charge in [-0.15, -0.1) is 0 Å². The summed E-state index contributed by atoms with van der Waals surface area (Å²) in [6, 6.07) is 24.2. The van der Waals surface area contributed by atoms with Crippen molar-refractivity contribution in [1.29, 1.82) is 0 Å². The molecule has 0 bridgehead atoms. The van der Waals surface area contributed by atoms with Gasteiger partial charge in [0, 0.05) is 18.6 Å². The van der Waals surface area contributed by atoms with E-state index in [1.165, 1.54) is 24.3 Å². The Bertz CT molecular complexity index is 975. The number of rotatable bonds is 5. The maximum atomic E-state index is 13.4. The van der Waals surface area contributed by atoms with E-state index in [0.717, 1.165) is 11.1 Å². The predicted octanol–water partition coefficient (Wildman–Crippen LogP) is 6.00. The number of nitro benzene ring substituents is 1. The molecule has 1 heterocycles. The molecule has 148 valence electrons. The number of benzene rings is 3. The molecule has 1 aliphatic heterocycles. The van der Waals surface area contributed by atoms with Crippen molar-refractivity contribution in [3.05, 3.63) is 106 Å². The lowest BCUT2D eigenvalue weighted by atomic mass is 9.99. The van der Waals surface area contributed by atoms with Crippen molar-refractivity contribution in [3.63, 3.8) is 0 Å². The van der Waals surface area contributed by atoms with Gasteiger partial charge in [0.25, 0.3) is 5.69 Å². The van der Waals surface area contributed by atoms with Gasteiger partial charge in [-0.2, -0.15) is 0 Å². The van der Waals surface area contributed by atoms with Crippen LogP contribution < -0.4 is 4.52 Å². The Hall–Kier alpha value is -2.99. The summed E-state index contributed by atoms with van der Waals surface area (Å²) in [6.07, 6.45) is -0.500. The van der Waals surface area contributed by atoms with Crippen LogP contribution in [0.25, 0.3) is 0 Å². The van der Waals surface area contributed by atoms with Gasteiger partial charge in [-0.3, -0.25) is 19.2 Å². The van der Waals surface area contributed by atoms with Crippen molar-refractivity contribution in [1.82, 2.24) is 0 Å². The minimum absolute atomic E-state index is 0.0922. The monoisotopic (exact) mass is 411 g/mol. The quantitative estimate of drug-likeness (QED) is 0.291. The first kappa shape index (κ1) is 19.3. The molecule has 8 heteroatoms. The Morgan fingerprint density at radius 3 is 1.76 bits per heavy atom. The molecule has 1 fully saturated rings. The van der Waals surface area contributed by atoms with Crippen LogP contribution in [0, 0.1) is 10.1 Å². The average molecular weight is 411 g/mol. The number of hydrogen-bond acceptors (Lipinski definition) is 6. The highest BCUT2D eigenvalue weighted by Crippen LogP contribution is 2.61. The molecule has 0 spiro atoms. The van der Waals surface area contributed by atoms with E-state index in [4.69, 9.17) is 13.6 Å². The molecule has 4 rings (SSSR count). The third-order valence-corrected chi connectivity index (χ3v) is 6.01. The van der Waals surface area contributed by atoms with E-state index in [1.807, 2.05) is 60.7 Å². The average Bonchev–Trinajstić information content (AvgIpc) is 2.75. The van der Waals surface area contributed by atoms with E-state index in [2.05, 4.69) is 0 Å². The Balaban J connectivity index is 1.63. The van der Waals surface area contributed by atoms with Crippen molar-refractivity contribution in [3.8, 4) is 5.75 Å². The lowest BCUT2D eigenvalue weighted by molar-refractivity contribution is -0.384. The normalized spacial score (nSPS) is 24.0. The predicted molar refractivity (Wildman–Crippen MR) is 106 cm³/mol. The highest BCUT2D eigenvalue weighted by Gasteiger charge is 2.43. The highest BCUT2D eigenvalue weighted by atomic mass is 31.2. The van der Waals surface area contributed by atoms with Crippen LogP contribution >= 0.6 is 7.82 Å². The van der Waals surface area contributed by atoms with Gasteiger partial charge in [-0.25, -0.2) is 4.57 Å². The lowest BCUT2D eigenvalue weighted by Gasteiger charge is -2.34. The largest absolute Gasteiger partial charge is 0.531 e. The van der Waals surface area contributed by atoms with Crippen molar-refractivity contribution in [2.24, 2.45) is 0 Å². The molecule has 0 N–H and O–H groups in total. The van der Waals surface area contributed by atoms with Crippen LogP contribution in [0.2, 0.25) is 0 Å². The minimum atomic E-state index is -3.99. The fraction of sp³-hybridized carbons (Fsp3) is 0.143. The third kappa shape index (κ3) is 4.54. The molecule has 3 aromatic rings. The fourth-order valence-corrected chi connectivity index (χ4v) is 4.70. The molecule has 0 aliphatic carbocycles. The van der Waals surface area contributed by atoms with Crippen LogP contribution in [0.3, 0.4) is 0 Å². The number of phosphoric acid groups is 1. The maximum absolute atomic E-state index is 13.4. The number of non-ortho nitro benzene ring substituents is 1. The van der Waals surface area contributed by atoms with Gasteiger partial charge in [0.1, 0.15) is 5.75 Å². The summed E-state index contributed by atoms with van der Waals surface area (Å²) in [6.45, 7) is 0. The summed E-state index contributed by atoms with van der Waals surface area (Å²) in [5, 5.41) is 10.8. The number of nitrogens with zero attached hydrogens (tertiary/aromatic N) is 1. The Morgan fingerprint density at radius 1 is 0.828 bits per heavy atom. The third-order valence-electron chi connectivity index (χ3n) is 4.55. The Morgan fingerprint density at radius 2 is 1.31 bits per heavy atom. The summed E-state index contributed by atoms with van der Waals surface area (Å²) in [4.78, 5) is 10.3. The smallest absolute Gasteiger partial charge is 0.404 e. The van der Waals surface area contributed by atoms with Gasteiger partial charge in [0.15, 0.2) is 0 Å². The van der Waals surface area contributed by atoms with Crippen LogP contribution in [-0.4, -0.2) is 4.92 Å². The molecular weight excluding hydrogens is 393 g/mol. The van der Waals surface area contributed by atoms with Crippen LogP contribution in [-0.2, 0) is 13.6 Å². The molecule has 2 atom stereocenters. The minimum Gasteiger partial charge on any atom is -0.404 e. The summed E-state index contributed by atoms with van der Waals surface area (Å²) in [7, 11) is -3.99. The molecule has 0 radical (unpaired) electrons. The van der Waals surface area contributed by atoms with Crippen molar-refractivity contribution in [2.45, 2.75) is 18.6 Å². The van der Waals surface area contributed by atoms with Gasteiger partial charge in [-0.05, 0) is 23.3 Å². The zero-order valence-corrected chi connectivity index (χ0v) is 16.2. The number of phosphoric ester groups is 1. The standard InChI is InChI=1S/C21H18NO6P/c23-22(24)18-11-13-19(14-12-18)26-29(25)27-20(16-7-3-1-4-8-16)15-21(28-29)17-9-5-2-6-10-17/h1-14,20-21H,15H2/t20-,21-/m0/s1. The topological polar surface area (TPSA) is 87.9 Å². The Labute approximate surface area is 167 Å². The summed E-state index contributed by atoms with van der Waals surface area (Å²) in [5.41, 5.74) is 1.64. The zero-order valence-electron chi connectivity index (χ0n) is 15.3. The number of nitro groups is 1. The lowest BCUT2D eigenvalue weighted by Crippen LogP contribution is -2.20. The molecule has 0 unspecified atom stereocenters. The van der Waals surface area contributed by atoms with E-state index >= 15 is 0 Å². The zero-order chi connectivity index (χ0) is 20.3. The molecule has 29 heavy (non-hydrogen) atoms. The fourth-order valence-electron chi connectivity index (χ4n) is 3.15. The first-order valence-electron chi connectivity index (χ1n) is 9.03. The van der Waals surface area contributed by atoms with Crippen LogP contribution in [0.1, 0.15) is 29.8 Å². The van der Waals surface area contributed by atoms with Crippen LogP contribution in [0.5, 0.6) is 5.75 Å². The van der Waals surface area contributed by atoms with Crippen molar-refractivity contribution >= 4 is 13.5 Å². The molecule has 1 saturated heterocycles. The molecule has 1 aliphatic rings. The van der Waals surface area contributed by atoms with Gasteiger partial charge in [0.05, 0.1) is 17.1 Å². The summed E-state index contributed by atoms with van der Waals surface area (Å²) >= 11 is 0. The van der Waals surface area contributed by atoms with E-state index < -0.39 is 25.0 Å². The number of hydrogen-bond donors (Lipinski definition) is 0. The van der Waals surface area contributed by atoms with Gasteiger partial charge in [-0.1, -0.05) is 60.7 Å². The molecule has 0 aromatic heterocycles. The molecular formula is C21H18NO6P. The second kappa shape index (κ2) is 8.17. The van der Waals surface area contributed by atoms with Gasteiger partial charge in [0.2, 0.25) is 0 Å². The van der Waals surface area contributed by atoms with Crippen LogP contribution in [0.15, 0.2) is 84.9 Å². The van der Waals surface area contributed by atoms with Crippen molar-refractivity contribution in [2.75, 3.05) is 0 Å². The molecule has 0 saturated carbocycles. The molecule has 0 amide bonds. The SMILES string of the molecule is O=[N+]([O-])c1ccc(OP2(=O)O[C@H](c3ccccc3)C[C@@H](c3ccccc3)O2)cc1. The van der Waals surface area contributed by atoms with Crippen LogP contribution in [0.4, 0.5) is 5.69 Å².